The lowest BCUT2D eigenvalue weighted by Gasteiger charge is -2.41. The Labute approximate surface area is 118 Å². The molecule has 2 saturated heterocycles. The van der Waals surface area contributed by atoms with Crippen molar-refractivity contribution in [3.05, 3.63) is 35.9 Å². The van der Waals surface area contributed by atoms with Crippen LogP contribution in [-0.2, 0) is 9.67 Å². The summed E-state index contributed by atoms with van der Waals surface area (Å²) in [5.41, 5.74) is 1.31. The number of likely N-dealkylation sites (tertiary alicyclic amines) is 1. The highest BCUT2D eigenvalue weighted by atomic mass is 32.2. The summed E-state index contributed by atoms with van der Waals surface area (Å²) in [4.78, 5) is 14.8. The number of rotatable bonds is 1. The molecule has 4 rings (SSSR count). The van der Waals surface area contributed by atoms with Crippen LogP contribution in [0.4, 0.5) is 0 Å². The Hall–Kier alpha value is -0.960. The molecule has 0 N–H and O–H groups in total. The number of amides is 1. The molecule has 2 aliphatic heterocycles. The highest BCUT2D eigenvalue weighted by molar-refractivity contribution is 8.03. The standard InChI is InChI=1S/C16H19NOS/c1-17-14(18)15-10-6-5-9-13(15)11-16(17,19-15)12-7-3-2-4-8-12/h2-4,7-8,13H,5-6,9-11H2,1H3/t13-,15-,16-/m1/s1. The summed E-state index contributed by atoms with van der Waals surface area (Å²) in [5.74, 6) is 0.979. The lowest BCUT2D eigenvalue weighted by atomic mass is 9.71. The van der Waals surface area contributed by atoms with Crippen molar-refractivity contribution >= 4 is 17.7 Å². The first-order valence-electron chi connectivity index (χ1n) is 7.23. The van der Waals surface area contributed by atoms with Gasteiger partial charge >= 0.3 is 0 Å². The van der Waals surface area contributed by atoms with E-state index < -0.39 is 0 Å². The summed E-state index contributed by atoms with van der Waals surface area (Å²) in [6.07, 6.45) is 5.98. The summed E-state index contributed by atoms with van der Waals surface area (Å²) in [5, 5.41) is 0. The number of benzene rings is 1. The summed E-state index contributed by atoms with van der Waals surface area (Å²) >= 11 is 1.96. The molecule has 100 valence electrons. The van der Waals surface area contributed by atoms with Crippen LogP contribution in [0.1, 0.15) is 37.7 Å². The van der Waals surface area contributed by atoms with E-state index >= 15 is 0 Å². The van der Waals surface area contributed by atoms with E-state index in [4.69, 9.17) is 0 Å². The second kappa shape index (κ2) is 3.78. The number of carbonyl (C=O) groups excluding carboxylic acids is 1. The number of thioether (sulfide) groups is 1. The second-order valence-corrected chi connectivity index (χ2v) is 7.76. The second-order valence-electron chi connectivity index (χ2n) is 6.15. The van der Waals surface area contributed by atoms with Crippen LogP contribution in [0.15, 0.2) is 30.3 Å². The van der Waals surface area contributed by atoms with E-state index in [1.54, 1.807) is 0 Å². The molecule has 0 radical (unpaired) electrons. The third kappa shape index (κ3) is 1.32. The molecule has 0 unspecified atom stereocenters. The van der Waals surface area contributed by atoms with Gasteiger partial charge in [0.2, 0.25) is 5.91 Å². The van der Waals surface area contributed by atoms with E-state index in [1.807, 2.05) is 23.7 Å². The summed E-state index contributed by atoms with van der Waals surface area (Å²) in [7, 11) is 2.00. The zero-order valence-electron chi connectivity index (χ0n) is 11.3. The first-order chi connectivity index (χ1) is 9.19. The SMILES string of the molecule is CN1C(=O)[C@@]23CCCC[C@@H]2C[C@]1(c1ccccc1)S3. The van der Waals surface area contributed by atoms with Gasteiger partial charge in [0.05, 0.1) is 0 Å². The molecule has 2 bridgehead atoms. The van der Waals surface area contributed by atoms with Gasteiger partial charge in [0.25, 0.3) is 0 Å². The molecule has 3 heteroatoms. The van der Waals surface area contributed by atoms with Gasteiger partial charge in [0.15, 0.2) is 0 Å². The minimum atomic E-state index is -0.0944. The van der Waals surface area contributed by atoms with Crippen LogP contribution in [0.3, 0.4) is 0 Å². The van der Waals surface area contributed by atoms with E-state index in [0.29, 0.717) is 11.8 Å². The largest absolute Gasteiger partial charge is 0.326 e. The van der Waals surface area contributed by atoms with Gasteiger partial charge in [-0.1, -0.05) is 43.2 Å². The fraction of sp³-hybridized carbons (Fsp3) is 0.562. The predicted molar refractivity (Wildman–Crippen MR) is 77.8 cm³/mol. The Morgan fingerprint density at radius 3 is 2.84 bits per heavy atom. The highest BCUT2D eigenvalue weighted by Crippen LogP contribution is 2.69. The topological polar surface area (TPSA) is 20.3 Å². The van der Waals surface area contributed by atoms with E-state index in [9.17, 15) is 4.79 Å². The number of hydrogen-bond acceptors (Lipinski definition) is 2. The lowest BCUT2D eigenvalue weighted by molar-refractivity contribution is -0.140. The van der Waals surface area contributed by atoms with Crippen molar-refractivity contribution in [2.75, 3.05) is 7.05 Å². The van der Waals surface area contributed by atoms with Gasteiger partial charge in [-0.3, -0.25) is 4.79 Å². The maximum Gasteiger partial charge on any atom is 0.240 e. The maximum atomic E-state index is 12.8. The predicted octanol–water partition coefficient (Wildman–Crippen LogP) is 3.38. The lowest BCUT2D eigenvalue weighted by Crippen LogP contribution is -2.52. The number of nitrogens with zero attached hydrogens (tertiary/aromatic N) is 1. The Morgan fingerprint density at radius 2 is 2.05 bits per heavy atom. The maximum absolute atomic E-state index is 12.8. The molecule has 19 heavy (non-hydrogen) atoms. The Bertz CT molecular complexity index is 531. The van der Waals surface area contributed by atoms with Gasteiger partial charge in [0.1, 0.15) is 9.62 Å². The Kier molecular flexibility index (Phi) is 2.36. The van der Waals surface area contributed by atoms with Crippen LogP contribution < -0.4 is 0 Å². The van der Waals surface area contributed by atoms with Crippen molar-refractivity contribution < 1.29 is 4.79 Å². The molecule has 1 aliphatic carbocycles. The average Bonchev–Trinajstić information content (AvgIpc) is 2.92. The van der Waals surface area contributed by atoms with Crippen molar-refractivity contribution in [1.82, 2.24) is 4.90 Å². The van der Waals surface area contributed by atoms with Gasteiger partial charge in [-0.25, -0.2) is 0 Å². The first-order valence-corrected chi connectivity index (χ1v) is 8.05. The van der Waals surface area contributed by atoms with E-state index in [0.717, 1.165) is 12.8 Å². The number of fused-ring (bicyclic) bond motifs is 1. The smallest absolute Gasteiger partial charge is 0.240 e. The third-order valence-electron chi connectivity index (χ3n) is 5.32. The minimum Gasteiger partial charge on any atom is -0.326 e. The molecule has 1 aromatic rings. The van der Waals surface area contributed by atoms with Crippen LogP contribution in [0, 0.1) is 5.92 Å². The van der Waals surface area contributed by atoms with Crippen LogP contribution in [0.25, 0.3) is 0 Å². The van der Waals surface area contributed by atoms with Gasteiger partial charge in [-0.2, -0.15) is 0 Å². The van der Waals surface area contributed by atoms with E-state index in [-0.39, 0.29) is 9.62 Å². The highest BCUT2D eigenvalue weighted by Gasteiger charge is 2.69. The molecular weight excluding hydrogens is 254 g/mol. The quantitative estimate of drug-likeness (QED) is 0.782. The van der Waals surface area contributed by atoms with E-state index in [2.05, 4.69) is 30.3 Å². The van der Waals surface area contributed by atoms with E-state index in [1.165, 1.54) is 24.8 Å². The van der Waals surface area contributed by atoms with Crippen LogP contribution in [-0.4, -0.2) is 22.6 Å². The molecule has 3 fully saturated rings. The van der Waals surface area contributed by atoms with Crippen molar-refractivity contribution in [3.8, 4) is 0 Å². The normalized spacial score (nSPS) is 40.6. The zero-order valence-corrected chi connectivity index (χ0v) is 12.1. The fourth-order valence-electron chi connectivity index (χ4n) is 4.34. The Balaban J connectivity index is 1.84. The molecule has 2 heterocycles. The Morgan fingerprint density at radius 1 is 1.26 bits per heavy atom. The average molecular weight is 273 g/mol. The molecule has 3 aliphatic rings. The zero-order chi connectivity index (χ0) is 13.1. The van der Waals surface area contributed by atoms with Gasteiger partial charge in [-0.15, -0.1) is 11.8 Å². The number of carbonyl (C=O) groups is 1. The van der Waals surface area contributed by atoms with Crippen molar-refractivity contribution in [2.24, 2.45) is 5.92 Å². The fourth-order valence-corrected chi connectivity index (χ4v) is 6.54. The molecule has 3 atom stereocenters. The van der Waals surface area contributed by atoms with Crippen molar-refractivity contribution in [2.45, 2.75) is 41.7 Å². The first kappa shape index (κ1) is 11.8. The van der Waals surface area contributed by atoms with Gasteiger partial charge in [-0.05, 0) is 30.7 Å². The molecule has 1 saturated carbocycles. The van der Waals surface area contributed by atoms with Crippen molar-refractivity contribution in [1.29, 1.82) is 0 Å². The summed E-state index contributed by atoms with van der Waals surface area (Å²) < 4.78 is -0.0944. The molecular formula is C16H19NOS. The molecule has 1 spiro atoms. The van der Waals surface area contributed by atoms with Gasteiger partial charge in [0, 0.05) is 7.05 Å². The minimum absolute atomic E-state index is 0.0899. The van der Waals surface area contributed by atoms with Crippen molar-refractivity contribution in [3.63, 3.8) is 0 Å². The molecule has 1 aromatic carbocycles. The molecule has 2 nitrogen and oxygen atoms in total. The summed E-state index contributed by atoms with van der Waals surface area (Å²) in [6.45, 7) is 0. The summed E-state index contributed by atoms with van der Waals surface area (Å²) in [6, 6.07) is 10.6. The number of piperidine rings is 1. The molecule has 0 aromatic heterocycles. The molecule has 1 amide bonds. The van der Waals surface area contributed by atoms with Crippen LogP contribution >= 0.6 is 11.8 Å². The van der Waals surface area contributed by atoms with Gasteiger partial charge < -0.3 is 4.90 Å². The van der Waals surface area contributed by atoms with Crippen LogP contribution in [0.2, 0.25) is 0 Å². The number of hydrogen-bond donors (Lipinski definition) is 0. The third-order valence-corrected chi connectivity index (χ3v) is 7.41. The van der Waals surface area contributed by atoms with Crippen LogP contribution in [0.5, 0.6) is 0 Å². The monoisotopic (exact) mass is 273 g/mol.